The highest BCUT2D eigenvalue weighted by Gasteiger charge is 2.43. The average molecular weight is 397 g/mol. The highest BCUT2D eigenvalue weighted by Crippen LogP contribution is 2.32. The molecule has 0 radical (unpaired) electrons. The maximum atomic E-state index is 12.7. The molecule has 7 nitrogen and oxygen atoms in total. The Morgan fingerprint density at radius 2 is 2.00 bits per heavy atom. The zero-order valence-corrected chi connectivity index (χ0v) is 14.4. The molecule has 2 fully saturated rings. The van der Waals surface area contributed by atoms with Gasteiger partial charge in [0.1, 0.15) is 5.92 Å². The molecule has 128 valence electrons. The van der Waals surface area contributed by atoms with E-state index in [-0.39, 0.29) is 25.7 Å². The van der Waals surface area contributed by atoms with E-state index < -0.39 is 23.8 Å². The second kappa shape index (κ2) is 6.90. The van der Waals surface area contributed by atoms with Crippen LogP contribution in [0.25, 0.3) is 0 Å². The van der Waals surface area contributed by atoms with Crippen molar-refractivity contribution in [2.75, 3.05) is 31.2 Å². The number of benzene rings is 1. The number of para-hydroxylation sites is 1. The van der Waals surface area contributed by atoms with E-state index in [4.69, 9.17) is 4.74 Å². The lowest BCUT2D eigenvalue weighted by molar-refractivity contribution is -0.161. The largest absolute Gasteiger partial charge is 0.480 e. The van der Waals surface area contributed by atoms with Gasteiger partial charge in [0.15, 0.2) is 6.04 Å². The Labute approximate surface area is 147 Å². The van der Waals surface area contributed by atoms with Crippen molar-refractivity contribution in [3.63, 3.8) is 0 Å². The summed E-state index contributed by atoms with van der Waals surface area (Å²) < 4.78 is 5.92. The molecule has 0 aliphatic carbocycles. The van der Waals surface area contributed by atoms with Crippen molar-refractivity contribution in [1.29, 1.82) is 0 Å². The van der Waals surface area contributed by atoms with Gasteiger partial charge >= 0.3 is 5.97 Å². The number of nitrogens with zero attached hydrogens (tertiary/aromatic N) is 2. The minimum Gasteiger partial charge on any atom is -0.480 e. The van der Waals surface area contributed by atoms with E-state index in [9.17, 15) is 19.5 Å². The lowest BCUT2D eigenvalue weighted by Crippen LogP contribution is -2.55. The Hall–Kier alpha value is -1.93. The molecule has 24 heavy (non-hydrogen) atoms. The van der Waals surface area contributed by atoms with Crippen LogP contribution in [0, 0.1) is 5.92 Å². The maximum absolute atomic E-state index is 12.7. The molecule has 1 aromatic carbocycles. The number of rotatable bonds is 3. The Morgan fingerprint density at radius 3 is 2.71 bits per heavy atom. The van der Waals surface area contributed by atoms with Crippen molar-refractivity contribution in [1.82, 2.24) is 4.90 Å². The first-order valence-electron chi connectivity index (χ1n) is 7.67. The second-order valence-corrected chi connectivity index (χ2v) is 6.60. The summed E-state index contributed by atoms with van der Waals surface area (Å²) in [6.45, 7) is 0.856. The van der Waals surface area contributed by atoms with E-state index >= 15 is 0 Å². The van der Waals surface area contributed by atoms with Gasteiger partial charge in [0, 0.05) is 17.6 Å². The summed E-state index contributed by atoms with van der Waals surface area (Å²) in [4.78, 5) is 39.6. The number of amides is 2. The standard InChI is InChI=1S/C16H17BrN2O5/c17-11-3-1-2-4-12(11)18-6-5-10(14(18)20)15(21)19-7-8-24-9-13(19)16(22)23/h1-4,10,13H,5-9H2,(H,22,23)/t10-,13+/m0/s1. The van der Waals surface area contributed by atoms with Crippen LogP contribution in [-0.4, -0.2) is 60.1 Å². The molecule has 0 bridgehead atoms. The smallest absolute Gasteiger partial charge is 0.328 e. The van der Waals surface area contributed by atoms with Crippen molar-refractivity contribution >= 4 is 39.4 Å². The molecule has 2 heterocycles. The second-order valence-electron chi connectivity index (χ2n) is 5.74. The molecule has 0 unspecified atom stereocenters. The molecule has 8 heteroatoms. The van der Waals surface area contributed by atoms with Gasteiger partial charge in [0.05, 0.1) is 18.9 Å². The van der Waals surface area contributed by atoms with Gasteiger partial charge in [-0.1, -0.05) is 12.1 Å². The third kappa shape index (κ3) is 3.03. The minimum absolute atomic E-state index is 0.0457. The van der Waals surface area contributed by atoms with Gasteiger partial charge in [-0.2, -0.15) is 0 Å². The van der Waals surface area contributed by atoms with E-state index in [1.165, 1.54) is 4.90 Å². The van der Waals surface area contributed by atoms with Gasteiger partial charge in [-0.25, -0.2) is 4.79 Å². The molecule has 0 saturated carbocycles. The van der Waals surface area contributed by atoms with E-state index in [1.807, 2.05) is 24.3 Å². The Morgan fingerprint density at radius 1 is 1.25 bits per heavy atom. The highest BCUT2D eigenvalue weighted by atomic mass is 79.9. The zero-order chi connectivity index (χ0) is 17.3. The molecular weight excluding hydrogens is 380 g/mol. The number of carbonyl (C=O) groups excluding carboxylic acids is 2. The Balaban J connectivity index is 1.78. The summed E-state index contributed by atoms with van der Waals surface area (Å²) in [7, 11) is 0. The van der Waals surface area contributed by atoms with E-state index in [2.05, 4.69) is 15.9 Å². The first kappa shape index (κ1) is 16.9. The summed E-state index contributed by atoms with van der Waals surface area (Å²) in [6, 6.07) is 6.29. The van der Waals surface area contributed by atoms with Crippen LogP contribution in [0.3, 0.4) is 0 Å². The number of carboxylic acids is 1. The van der Waals surface area contributed by atoms with Gasteiger partial charge < -0.3 is 19.6 Å². The van der Waals surface area contributed by atoms with Crippen molar-refractivity contribution in [3.8, 4) is 0 Å². The topological polar surface area (TPSA) is 87.2 Å². The summed E-state index contributed by atoms with van der Waals surface area (Å²) in [5.74, 6) is -2.67. The van der Waals surface area contributed by atoms with Crippen molar-refractivity contribution in [2.45, 2.75) is 12.5 Å². The monoisotopic (exact) mass is 396 g/mol. The number of aliphatic carboxylic acids is 1. The van der Waals surface area contributed by atoms with Gasteiger partial charge in [-0.15, -0.1) is 0 Å². The zero-order valence-electron chi connectivity index (χ0n) is 12.9. The number of hydrogen-bond donors (Lipinski definition) is 1. The third-order valence-electron chi connectivity index (χ3n) is 4.34. The van der Waals surface area contributed by atoms with Gasteiger partial charge in [0.2, 0.25) is 11.8 Å². The number of ether oxygens (including phenoxy) is 1. The van der Waals surface area contributed by atoms with Crippen molar-refractivity contribution < 1.29 is 24.2 Å². The van der Waals surface area contributed by atoms with Gasteiger partial charge in [-0.05, 0) is 34.5 Å². The molecule has 1 N–H and O–H groups in total. The number of carboxylic acid groups (broad SMARTS) is 1. The molecule has 2 saturated heterocycles. The highest BCUT2D eigenvalue weighted by molar-refractivity contribution is 9.10. The molecule has 0 aromatic heterocycles. The fraction of sp³-hybridized carbons (Fsp3) is 0.438. The van der Waals surface area contributed by atoms with Crippen LogP contribution in [-0.2, 0) is 19.1 Å². The quantitative estimate of drug-likeness (QED) is 0.773. The van der Waals surface area contributed by atoms with Crippen LogP contribution >= 0.6 is 15.9 Å². The Kier molecular flexibility index (Phi) is 4.86. The lowest BCUT2D eigenvalue weighted by Gasteiger charge is -2.34. The van der Waals surface area contributed by atoms with Crippen LogP contribution < -0.4 is 4.90 Å². The maximum Gasteiger partial charge on any atom is 0.328 e. The molecule has 2 aliphatic rings. The third-order valence-corrected chi connectivity index (χ3v) is 5.01. The molecule has 2 atom stereocenters. The first-order valence-corrected chi connectivity index (χ1v) is 8.47. The predicted molar refractivity (Wildman–Crippen MR) is 88.6 cm³/mol. The van der Waals surface area contributed by atoms with Crippen molar-refractivity contribution in [2.24, 2.45) is 5.92 Å². The molecule has 3 rings (SSSR count). The fourth-order valence-corrected chi connectivity index (χ4v) is 3.59. The Bertz CT molecular complexity index is 680. The summed E-state index contributed by atoms with van der Waals surface area (Å²) in [5, 5.41) is 9.26. The number of morpholine rings is 1. The van der Waals surface area contributed by atoms with Crippen LogP contribution in [0.4, 0.5) is 5.69 Å². The van der Waals surface area contributed by atoms with Crippen LogP contribution in [0.5, 0.6) is 0 Å². The van der Waals surface area contributed by atoms with Gasteiger partial charge in [0.25, 0.3) is 0 Å². The van der Waals surface area contributed by atoms with Crippen LogP contribution in [0.2, 0.25) is 0 Å². The molecule has 1 aromatic rings. The predicted octanol–water partition coefficient (Wildman–Crippen LogP) is 1.11. The summed E-state index contributed by atoms with van der Waals surface area (Å²) in [5.41, 5.74) is 0.717. The minimum atomic E-state index is -1.11. The van der Waals surface area contributed by atoms with Crippen LogP contribution in [0.15, 0.2) is 28.7 Å². The molecule has 2 aliphatic heterocycles. The average Bonchev–Trinajstić information content (AvgIpc) is 2.96. The van der Waals surface area contributed by atoms with E-state index in [0.29, 0.717) is 13.0 Å². The first-order chi connectivity index (χ1) is 11.5. The molecule has 0 spiro atoms. The lowest BCUT2D eigenvalue weighted by atomic mass is 10.0. The van der Waals surface area contributed by atoms with E-state index in [1.54, 1.807) is 4.90 Å². The molecule has 2 amide bonds. The number of carbonyl (C=O) groups is 3. The normalized spacial score (nSPS) is 24.3. The summed E-state index contributed by atoms with van der Waals surface area (Å²) in [6.07, 6.45) is 0.378. The number of halogens is 1. The van der Waals surface area contributed by atoms with Gasteiger partial charge in [-0.3, -0.25) is 9.59 Å². The van der Waals surface area contributed by atoms with E-state index in [0.717, 1.165) is 10.2 Å². The van der Waals surface area contributed by atoms with Crippen molar-refractivity contribution in [3.05, 3.63) is 28.7 Å². The summed E-state index contributed by atoms with van der Waals surface area (Å²) >= 11 is 3.41. The molecular formula is C16H17BrN2O5. The fourth-order valence-electron chi connectivity index (χ4n) is 3.09. The SMILES string of the molecule is O=C(O)[C@H]1COCCN1C(=O)[C@H]1CCN(c2ccccc2Br)C1=O. The van der Waals surface area contributed by atoms with Crippen LogP contribution in [0.1, 0.15) is 6.42 Å². The number of anilines is 1. The number of hydrogen-bond acceptors (Lipinski definition) is 4.